The lowest BCUT2D eigenvalue weighted by Gasteiger charge is -2.09. The van der Waals surface area contributed by atoms with E-state index in [0.717, 1.165) is 11.6 Å². The molecule has 1 radical (unpaired) electrons. The summed E-state index contributed by atoms with van der Waals surface area (Å²) in [6.07, 6.45) is 0. The zero-order valence-corrected chi connectivity index (χ0v) is 8.63. The van der Waals surface area contributed by atoms with Crippen LogP contribution in [-0.2, 0) is 0 Å². The van der Waals surface area contributed by atoms with E-state index in [1.54, 1.807) is 12.1 Å². The van der Waals surface area contributed by atoms with Crippen molar-refractivity contribution < 1.29 is 13.5 Å². The molecule has 81 valence electrons. The standard InChI is InChI=1S/C13H9F2O/c1-16-13-10(7-8-11(14)12(13)15)9-5-3-2-4-6-9/h2-6,8H,1H3. The Balaban J connectivity index is 2.62. The lowest BCUT2D eigenvalue weighted by molar-refractivity contribution is 0.373. The van der Waals surface area contributed by atoms with Crippen LogP contribution in [0.5, 0.6) is 5.75 Å². The van der Waals surface area contributed by atoms with Gasteiger partial charge in [-0.15, -0.1) is 0 Å². The normalized spacial score (nSPS) is 10.2. The summed E-state index contributed by atoms with van der Waals surface area (Å²) in [5, 5.41) is 0. The number of halogens is 2. The van der Waals surface area contributed by atoms with Crippen molar-refractivity contribution in [1.29, 1.82) is 0 Å². The van der Waals surface area contributed by atoms with Gasteiger partial charge in [0.15, 0.2) is 11.6 Å². The molecule has 16 heavy (non-hydrogen) atoms. The minimum absolute atomic E-state index is 0.119. The van der Waals surface area contributed by atoms with Gasteiger partial charge in [0.2, 0.25) is 5.82 Å². The molecule has 0 amide bonds. The molecular formula is C13H9F2O. The van der Waals surface area contributed by atoms with Crippen LogP contribution in [-0.4, -0.2) is 7.11 Å². The second-order valence-corrected chi connectivity index (χ2v) is 3.22. The Morgan fingerprint density at radius 2 is 1.81 bits per heavy atom. The summed E-state index contributed by atoms with van der Waals surface area (Å²) in [5.74, 6) is -2.07. The Bertz CT molecular complexity index is 495. The van der Waals surface area contributed by atoms with Gasteiger partial charge in [-0.3, -0.25) is 0 Å². The molecule has 0 fully saturated rings. The van der Waals surface area contributed by atoms with Crippen molar-refractivity contribution in [1.82, 2.24) is 0 Å². The second kappa shape index (κ2) is 4.31. The number of hydrogen-bond donors (Lipinski definition) is 0. The van der Waals surface area contributed by atoms with Crippen molar-refractivity contribution in [2.24, 2.45) is 0 Å². The van der Waals surface area contributed by atoms with Gasteiger partial charge in [-0.2, -0.15) is 4.39 Å². The maximum absolute atomic E-state index is 13.4. The zero-order valence-electron chi connectivity index (χ0n) is 8.63. The fourth-order valence-electron chi connectivity index (χ4n) is 1.49. The summed E-state index contributed by atoms with van der Waals surface area (Å²) in [6, 6.07) is 12.7. The average Bonchev–Trinajstić information content (AvgIpc) is 2.33. The molecule has 0 saturated heterocycles. The first-order valence-corrected chi connectivity index (χ1v) is 4.73. The van der Waals surface area contributed by atoms with Crippen LogP contribution in [0.4, 0.5) is 8.78 Å². The van der Waals surface area contributed by atoms with Gasteiger partial charge < -0.3 is 4.74 Å². The molecule has 0 aliphatic rings. The molecule has 0 saturated carbocycles. The largest absolute Gasteiger partial charge is 0.493 e. The maximum atomic E-state index is 13.4. The van der Waals surface area contributed by atoms with E-state index >= 15 is 0 Å². The highest BCUT2D eigenvalue weighted by Gasteiger charge is 2.15. The monoisotopic (exact) mass is 219 g/mol. The van der Waals surface area contributed by atoms with Crippen LogP contribution >= 0.6 is 0 Å². The highest BCUT2D eigenvalue weighted by molar-refractivity contribution is 5.70. The predicted octanol–water partition coefficient (Wildman–Crippen LogP) is 3.44. The van der Waals surface area contributed by atoms with E-state index in [4.69, 9.17) is 4.74 Å². The van der Waals surface area contributed by atoms with Crippen molar-refractivity contribution in [2.45, 2.75) is 0 Å². The molecule has 0 unspecified atom stereocenters. The van der Waals surface area contributed by atoms with Gasteiger partial charge >= 0.3 is 0 Å². The third-order valence-electron chi connectivity index (χ3n) is 2.25. The molecule has 0 aliphatic heterocycles. The maximum Gasteiger partial charge on any atom is 0.201 e. The van der Waals surface area contributed by atoms with E-state index in [2.05, 4.69) is 6.07 Å². The van der Waals surface area contributed by atoms with Crippen molar-refractivity contribution in [3.63, 3.8) is 0 Å². The quantitative estimate of drug-likeness (QED) is 0.751. The molecule has 0 aliphatic carbocycles. The van der Waals surface area contributed by atoms with Crippen LogP contribution in [0.2, 0.25) is 0 Å². The lowest BCUT2D eigenvalue weighted by atomic mass is 10.0. The highest BCUT2D eigenvalue weighted by Crippen LogP contribution is 2.32. The van der Waals surface area contributed by atoms with Crippen LogP contribution < -0.4 is 4.74 Å². The minimum Gasteiger partial charge on any atom is -0.493 e. The third kappa shape index (κ3) is 1.76. The molecule has 2 aromatic carbocycles. The van der Waals surface area contributed by atoms with Crippen LogP contribution in [0.1, 0.15) is 0 Å². The van der Waals surface area contributed by atoms with Crippen molar-refractivity contribution in [3.8, 4) is 16.9 Å². The number of methoxy groups -OCH3 is 1. The van der Waals surface area contributed by atoms with E-state index in [9.17, 15) is 8.78 Å². The smallest absolute Gasteiger partial charge is 0.201 e. The Labute approximate surface area is 92.3 Å². The van der Waals surface area contributed by atoms with Gasteiger partial charge in [0.05, 0.1) is 7.11 Å². The topological polar surface area (TPSA) is 9.23 Å². The van der Waals surface area contributed by atoms with Crippen LogP contribution in [0, 0.1) is 17.7 Å². The fraction of sp³-hybridized carbons (Fsp3) is 0.0769. The van der Waals surface area contributed by atoms with Crippen molar-refractivity contribution in [2.75, 3.05) is 7.11 Å². The van der Waals surface area contributed by atoms with E-state index in [0.29, 0.717) is 5.56 Å². The van der Waals surface area contributed by atoms with E-state index in [1.165, 1.54) is 7.11 Å². The summed E-state index contributed by atoms with van der Waals surface area (Å²) >= 11 is 0. The molecule has 0 heterocycles. The SMILES string of the molecule is COc1c(-c2ccccc2)[c]cc(F)c1F. The second-order valence-electron chi connectivity index (χ2n) is 3.22. The Kier molecular flexibility index (Phi) is 2.86. The van der Waals surface area contributed by atoms with Crippen molar-refractivity contribution >= 4 is 0 Å². The molecule has 1 nitrogen and oxygen atoms in total. The van der Waals surface area contributed by atoms with Crippen molar-refractivity contribution in [3.05, 3.63) is 54.1 Å². The number of hydrogen-bond acceptors (Lipinski definition) is 1. The Hall–Kier alpha value is -1.90. The van der Waals surface area contributed by atoms with E-state index in [-0.39, 0.29) is 5.75 Å². The zero-order chi connectivity index (χ0) is 11.5. The molecule has 0 atom stereocenters. The van der Waals surface area contributed by atoms with Gasteiger partial charge in [-0.05, 0) is 17.7 Å². The van der Waals surface area contributed by atoms with Gasteiger partial charge in [0, 0.05) is 5.56 Å². The molecule has 3 heteroatoms. The summed E-state index contributed by atoms with van der Waals surface area (Å²) in [5.41, 5.74) is 1.15. The molecule has 2 aromatic rings. The number of ether oxygens (including phenoxy) is 1. The van der Waals surface area contributed by atoms with Gasteiger partial charge in [0.25, 0.3) is 0 Å². The Morgan fingerprint density at radius 3 is 2.44 bits per heavy atom. The molecule has 0 N–H and O–H groups in total. The number of rotatable bonds is 2. The van der Waals surface area contributed by atoms with E-state index < -0.39 is 11.6 Å². The van der Waals surface area contributed by atoms with Crippen LogP contribution in [0.3, 0.4) is 0 Å². The van der Waals surface area contributed by atoms with E-state index in [1.807, 2.05) is 18.2 Å². The third-order valence-corrected chi connectivity index (χ3v) is 2.25. The number of benzene rings is 2. The summed E-state index contributed by atoms with van der Waals surface area (Å²) in [6.45, 7) is 0. The Morgan fingerprint density at radius 1 is 1.12 bits per heavy atom. The molecular weight excluding hydrogens is 210 g/mol. The van der Waals surface area contributed by atoms with Crippen LogP contribution in [0.15, 0.2) is 36.4 Å². The molecule has 0 spiro atoms. The predicted molar refractivity (Wildman–Crippen MR) is 57.2 cm³/mol. The average molecular weight is 219 g/mol. The van der Waals surface area contributed by atoms with Gasteiger partial charge in [-0.1, -0.05) is 30.3 Å². The fourth-order valence-corrected chi connectivity index (χ4v) is 1.49. The summed E-state index contributed by atoms with van der Waals surface area (Å²) in [7, 11) is 1.30. The highest BCUT2D eigenvalue weighted by atomic mass is 19.2. The first-order chi connectivity index (χ1) is 7.74. The summed E-state index contributed by atoms with van der Waals surface area (Å²) < 4.78 is 31.3. The molecule has 0 aromatic heterocycles. The molecule has 0 bridgehead atoms. The minimum atomic E-state index is -0.986. The first-order valence-electron chi connectivity index (χ1n) is 4.73. The lowest BCUT2D eigenvalue weighted by Crippen LogP contribution is -1.95. The van der Waals surface area contributed by atoms with Crippen LogP contribution in [0.25, 0.3) is 11.1 Å². The van der Waals surface area contributed by atoms with Gasteiger partial charge in [0.1, 0.15) is 0 Å². The molecule has 2 rings (SSSR count). The van der Waals surface area contributed by atoms with Gasteiger partial charge in [-0.25, -0.2) is 4.39 Å². The summed E-state index contributed by atoms with van der Waals surface area (Å²) in [4.78, 5) is 0. The first kappa shape index (κ1) is 10.6.